The molecule has 0 spiro atoms. The lowest BCUT2D eigenvalue weighted by atomic mass is 10.1. The minimum Gasteiger partial charge on any atom is -0.465 e. The van der Waals surface area contributed by atoms with Crippen molar-refractivity contribution in [2.24, 2.45) is 0 Å². The molecule has 114 valence electrons. The summed E-state index contributed by atoms with van der Waals surface area (Å²) >= 11 is 0. The molecule has 1 saturated carbocycles. The Bertz CT molecular complexity index is 630. The molecule has 22 heavy (non-hydrogen) atoms. The fourth-order valence-corrected chi connectivity index (χ4v) is 3.04. The lowest BCUT2D eigenvalue weighted by Gasteiger charge is -2.19. The van der Waals surface area contributed by atoms with Gasteiger partial charge in [-0.05, 0) is 17.5 Å². The molecular formula is C18H20N2O2. The van der Waals surface area contributed by atoms with Crippen LogP contribution in [0.1, 0.15) is 23.5 Å². The number of carboxylic acid groups (broad SMARTS) is 1. The fourth-order valence-electron chi connectivity index (χ4n) is 3.04. The molecule has 1 aliphatic rings. The van der Waals surface area contributed by atoms with Crippen molar-refractivity contribution in [3.8, 4) is 0 Å². The first-order valence-electron chi connectivity index (χ1n) is 7.50. The van der Waals surface area contributed by atoms with Crippen LogP contribution in [0.25, 0.3) is 0 Å². The van der Waals surface area contributed by atoms with Gasteiger partial charge in [-0.1, -0.05) is 60.7 Å². The van der Waals surface area contributed by atoms with Crippen LogP contribution in [0.2, 0.25) is 0 Å². The highest BCUT2D eigenvalue weighted by molar-refractivity contribution is 5.67. The van der Waals surface area contributed by atoms with Crippen LogP contribution in [-0.2, 0) is 6.54 Å². The maximum atomic E-state index is 11.1. The Morgan fingerprint density at radius 3 is 2.36 bits per heavy atom. The van der Waals surface area contributed by atoms with Crippen LogP contribution in [0.15, 0.2) is 60.7 Å². The molecule has 1 fully saturated rings. The van der Waals surface area contributed by atoms with Crippen molar-refractivity contribution < 1.29 is 9.90 Å². The molecular weight excluding hydrogens is 276 g/mol. The first-order valence-corrected chi connectivity index (χ1v) is 7.50. The standard InChI is InChI=1S/C18H20N2O2/c21-17(22)20-18(11-16(18)15-9-5-2-6-10-15)13-19-12-14-7-3-1-4-8-14/h1-10,16,19-20H,11-13H2,(H,21,22). The predicted octanol–water partition coefficient (Wildman–Crippen LogP) is 2.97. The van der Waals surface area contributed by atoms with E-state index in [0.29, 0.717) is 6.54 Å². The van der Waals surface area contributed by atoms with E-state index in [2.05, 4.69) is 34.9 Å². The zero-order valence-electron chi connectivity index (χ0n) is 12.3. The fraction of sp³-hybridized carbons (Fsp3) is 0.278. The maximum Gasteiger partial charge on any atom is 0.405 e. The van der Waals surface area contributed by atoms with Gasteiger partial charge in [-0.3, -0.25) is 0 Å². The summed E-state index contributed by atoms with van der Waals surface area (Å²) in [6, 6.07) is 20.2. The average Bonchev–Trinajstić information content (AvgIpc) is 3.22. The predicted molar refractivity (Wildman–Crippen MR) is 85.8 cm³/mol. The Labute approximate surface area is 130 Å². The van der Waals surface area contributed by atoms with E-state index in [4.69, 9.17) is 5.11 Å². The first-order chi connectivity index (χ1) is 10.7. The lowest BCUT2D eigenvalue weighted by molar-refractivity contribution is 0.187. The van der Waals surface area contributed by atoms with E-state index in [-0.39, 0.29) is 11.5 Å². The zero-order chi connectivity index (χ0) is 15.4. The first kappa shape index (κ1) is 14.6. The van der Waals surface area contributed by atoms with Crippen molar-refractivity contribution in [2.75, 3.05) is 6.54 Å². The number of nitrogens with one attached hydrogen (secondary N) is 2. The van der Waals surface area contributed by atoms with Crippen molar-refractivity contribution in [3.05, 3.63) is 71.8 Å². The van der Waals surface area contributed by atoms with Crippen molar-refractivity contribution >= 4 is 6.09 Å². The molecule has 4 nitrogen and oxygen atoms in total. The van der Waals surface area contributed by atoms with Crippen LogP contribution in [0.3, 0.4) is 0 Å². The van der Waals surface area contributed by atoms with E-state index < -0.39 is 6.09 Å². The summed E-state index contributed by atoms with van der Waals surface area (Å²) in [4.78, 5) is 11.1. The summed E-state index contributed by atoms with van der Waals surface area (Å²) in [5, 5.41) is 15.2. The lowest BCUT2D eigenvalue weighted by Crippen LogP contribution is -2.44. The van der Waals surface area contributed by atoms with E-state index >= 15 is 0 Å². The molecule has 2 aromatic rings. The van der Waals surface area contributed by atoms with Gasteiger partial charge in [0.2, 0.25) is 0 Å². The summed E-state index contributed by atoms with van der Waals surface area (Å²) in [6.45, 7) is 1.37. The molecule has 1 amide bonds. The minimum absolute atomic E-state index is 0.244. The van der Waals surface area contributed by atoms with E-state index in [1.165, 1.54) is 11.1 Å². The molecule has 0 heterocycles. The summed E-state index contributed by atoms with van der Waals surface area (Å²) in [7, 11) is 0. The molecule has 0 aromatic heterocycles. The Hall–Kier alpha value is -2.33. The third-order valence-electron chi connectivity index (χ3n) is 4.25. The van der Waals surface area contributed by atoms with E-state index in [1.54, 1.807) is 0 Å². The van der Waals surface area contributed by atoms with Crippen LogP contribution < -0.4 is 10.6 Å². The molecule has 2 atom stereocenters. The third kappa shape index (κ3) is 3.28. The average molecular weight is 296 g/mol. The van der Waals surface area contributed by atoms with E-state index in [1.807, 2.05) is 36.4 Å². The second-order valence-corrected chi connectivity index (χ2v) is 5.84. The Morgan fingerprint density at radius 1 is 1.09 bits per heavy atom. The molecule has 4 heteroatoms. The molecule has 0 aliphatic heterocycles. The molecule has 2 unspecified atom stereocenters. The number of benzene rings is 2. The molecule has 0 saturated heterocycles. The van der Waals surface area contributed by atoms with Crippen molar-refractivity contribution in [1.29, 1.82) is 0 Å². The largest absolute Gasteiger partial charge is 0.465 e. The van der Waals surface area contributed by atoms with Gasteiger partial charge >= 0.3 is 6.09 Å². The van der Waals surface area contributed by atoms with Crippen LogP contribution >= 0.6 is 0 Å². The quantitative estimate of drug-likeness (QED) is 0.768. The van der Waals surface area contributed by atoms with Gasteiger partial charge in [0.15, 0.2) is 0 Å². The summed E-state index contributed by atoms with van der Waals surface area (Å²) in [5.41, 5.74) is 2.00. The molecule has 1 aliphatic carbocycles. The highest BCUT2D eigenvalue weighted by Gasteiger charge is 2.55. The molecule has 0 radical (unpaired) electrons. The normalized spacial score (nSPS) is 23.0. The van der Waals surface area contributed by atoms with Crippen molar-refractivity contribution in [1.82, 2.24) is 10.6 Å². The van der Waals surface area contributed by atoms with Crippen LogP contribution in [0.5, 0.6) is 0 Å². The van der Waals surface area contributed by atoms with Gasteiger partial charge in [0.05, 0.1) is 5.54 Å². The van der Waals surface area contributed by atoms with Gasteiger partial charge in [-0.15, -0.1) is 0 Å². The Kier molecular flexibility index (Phi) is 4.11. The van der Waals surface area contributed by atoms with E-state index in [0.717, 1.165) is 13.0 Å². The van der Waals surface area contributed by atoms with Gasteiger partial charge in [0.1, 0.15) is 0 Å². The summed E-state index contributed by atoms with van der Waals surface area (Å²) < 4.78 is 0. The second kappa shape index (κ2) is 6.20. The number of amides is 1. The number of rotatable bonds is 6. The highest BCUT2D eigenvalue weighted by Crippen LogP contribution is 2.51. The summed E-state index contributed by atoms with van der Waals surface area (Å²) in [5.74, 6) is 0.244. The highest BCUT2D eigenvalue weighted by atomic mass is 16.4. The van der Waals surface area contributed by atoms with Gasteiger partial charge < -0.3 is 15.7 Å². The Morgan fingerprint density at radius 2 is 1.73 bits per heavy atom. The number of hydrogen-bond donors (Lipinski definition) is 3. The third-order valence-corrected chi connectivity index (χ3v) is 4.25. The van der Waals surface area contributed by atoms with Gasteiger partial charge in [0.25, 0.3) is 0 Å². The molecule has 0 bridgehead atoms. The van der Waals surface area contributed by atoms with Crippen LogP contribution in [-0.4, -0.2) is 23.3 Å². The van der Waals surface area contributed by atoms with Crippen molar-refractivity contribution in [2.45, 2.75) is 24.4 Å². The van der Waals surface area contributed by atoms with Gasteiger partial charge in [-0.2, -0.15) is 0 Å². The second-order valence-electron chi connectivity index (χ2n) is 5.84. The molecule has 2 aromatic carbocycles. The topological polar surface area (TPSA) is 61.4 Å². The van der Waals surface area contributed by atoms with E-state index in [9.17, 15) is 4.79 Å². The smallest absolute Gasteiger partial charge is 0.405 e. The minimum atomic E-state index is -0.958. The number of carbonyl (C=O) groups is 1. The van der Waals surface area contributed by atoms with Crippen LogP contribution in [0, 0.1) is 0 Å². The zero-order valence-corrected chi connectivity index (χ0v) is 12.3. The molecule has 3 N–H and O–H groups in total. The summed E-state index contributed by atoms with van der Waals surface area (Å²) in [6.07, 6.45) is -0.120. The van der Waals surface area contributed by atoms with Gasteiger partial charge in [0, 0.05) is 19.0 Å². The molecule has 3 rings (SSSR count). The van der Waals surface area contributed by atoms with Crippen molar-refractivity contribution in [3.63, 3.8) is 0 Å². The monoisotopic (exact) mass is 296 g/mol. The van der Waals surface area contributed by atoms with Gasteiger partial charge in [-0.25, -0.2) is 4.79 Å². The van der Waals surface area contributed by atoms with Crippen LogP contribution in [0.4, 0.5) is 4.79 Å². The number of hydrogen-bond acceptors (Lipinski definition) is 2. The Balaban J connectivity index is 1.63. The SMILES string of the molecule is O=C(O)NC1(CNCc2ccccc2)CC1c1ccccc1. The maximum absolute atomic E-state index is 11.1.